The number of carbonyl (C=O) groups is 3. The lowest BCUT2D eigenvalue weighted by Gasteiger charge is -2.16. The second-order valence-corrected chi connectivity index (χ2v) is 7.41. The molecule has 4 N–H and O–H groups in total. The molecule has 0 fully saturated rings. The van der Waals surface area contributed by atoms with Gasteiger partial charge in [0.15, 0.2) is 13.2 Å². The first-order chi connectivity index (χ1) is 16.7. The smallest absolute Gasteiger partial charge is 0.342 e. The SMILES string of the molecule is CCn1c(=O)c(C(=O)COC(=O)c2ccccc2OCC(N)=O)c(N)n(Cc2ccccc2)c1=O. The molecular weight excluding hydrogens is 456 g/mol. The highest BCUT2D eigenvalue weighted by atomic mass is 16.5. The molecule has 0 saturated heterocycles. The fourth-order valence-corrected chi connectivity index (χ4v) is 3.37. The van der Waals surface area contributed by atoms with Crippen LogP contribution in [0.4, 0.5) is 5.82 Å². The van der Waals surface area contributed by atoms with Crippen molar-refractivity contribution in [1.29, 1.82) is 0 Å². The lowest BCUT2D eigenvalue weighted by atomic mass is 10.1. The monoisotopic (exact) mass is 480 g/mol. The van der Waals surface area contributed by atoms with Crippen molar-refractivity contribution < 1.29 is 23.9 Å². The van der Waals surface area contributed by atoms with Gasteiger partial charge in [-0.25, -0.2) is 9.59 Å². The molecule has 0 atom stereocenters. The molecule has 35 heavy (non-hydrogen) atoms. The third-order valence-electron chi connectivity index (χ3n) is 5.06. The molecule has 0 saturated carbocycles. The Morgan fingerprint density at radius 2 is 1.57 bits per heavy atom. The van der Waals surface area contributed by atoms with Crippen LogP contribution in [0.5, 0.6) is 5.75 Å². The number of hydrogen-bond acceptors (Lipinski definition) is 8. The molecule has 0 aliphatic rings. The van der Waals surface area contributed by atoms with Gasteiger partial charge >= 0.3 is 11.7 Å². The Morgan fingerprint density at radius 1 is 0.914 bits per heavy atom. The number of hydrogen-bond donors (Lipinski definition) is 2. The number of aromatic nitrogens is 2. The number of ether oxygens (including phenoxy) is 2. The number of nitrogens with zero attached hydrogens (tertiary/aromatic N) is 2. The Labute approximate surface area is 199 Å². The van der Waals surface area contributed by atoms with Crippen molar-refractivity contribution >= 4 is 23.5 Å². The van der Waals surface area contributed by atoms with Crippen LogP contribution in [0.3, 0.4) is 0 Å². The number of esters is 1. The van der Waals surface area contributed by atoms with Crippen LogP contribution in [0.15, 0.2) is 64.2 Å². The van der Waals surface area contributed by atoms with E-state index in [0.717, 1.165) is 14.7 Å². The Bertz CT molecular complexity index is 1380. The van der Waals surface area contributed by atoms with Crippen molar-refractivity contribution in [2.24, 2.45) is 5.73 Å². The normalized spacial score (nSPS) is 10.5. The maximum absolute atomic E-state index is 12.9. The fourth-order valence-electron chi connectivity index (χ4n) is 3.37. The summed E-state index contributed by atoms with van der Waals surface area (Å²) < 4.78 is 12.3. The largest absolute Gasteiger partial charge is 0.483 e. The zero-order chi connectivity index (χ0) is 25.5. The number of anilines is 1. The van der Waals surface area contributed by atoms with Gasteiger partial charge in [-0.3, -0.25) is 23.5 Å². The number of primary amides is 1. The van der Waals surface area contributed by atoms with Crippen LogP contribution in [0.1, 0.15) is 33.2 Å². The molecule has 1 amide bonds. The molecule has 11 heteroatoms. The van der Waals surface area contributed by atoms with E-state index >= 15 is 0 Å². The van der Waals surface area contributed by atoms with Gasteiger partial charge in [0.1, 0.15) is 22.7 Å². The van der Waals surface area contributed by atoms with Crippen LogP contribution in [0, 0.1) is 0 Å². The van der Waals surface area contributed by atoms with Crippen LogP contribution in [-0.2, 0) is 22.6 Å². The van der Waals surface area contributed by atoms with E-state index in [9.17, 15) is 24.0 Å². The molecular formula is C24H24N4O7. The number of benzene rings is 2. The summed E-state index contributed by atoms with van der Waals surface area (Å²) >= 11 is 0. The Kier molecular flexibility index (Phi) is 7.82. The van der Waals surface area contributed by atoms with E-state index in [4.69, 9.17) is 20.9 Å². The Balaban J connectivity index is 1.88. The minimum atomic E-state index is -0.926. The summed E-state index contributed by atoms with van der Waals surface area (Å²) in [7, 11) is 0. The van der Waals surface area contributed by atoms with Crippen molar-refractivity contribution in [3.8, 4) is 5.75 Å². The molecule has 3 aromatic rings. The van der Waals surface area contributed by atoms with E-state index < -0.39 is 47.7 Å². The predicted molar refractivity (Wildman–Crippen MR) is 126 cm³/mol. The third-order valence-corrected chi connectivity index (χ3v) is 5.06. The summed E-state index contributed by atoms with van der Waals surface area (Å²) in [6.45, 7) is 0.367. The van der Waals surface area contributed by atoms with E-state index in [-0.39, 0.29) is 30.2 Å². The number of nitrogens with two attached hydrogens (primary N) is 2. The topological polar surface area (TPSA) is 166 Å². The van der Waals surface area contributed by atoms with Crippen molar-refractivity contribution in [3.63, 3.8) is 0 Å². The van der Waals surface area contributed by atoms with Gasteiger partial charge in [-0.1, -0.05) is 42.5 Å². The molecule has 0 aliphatic carbocycles. The minimum Gasteiger partial charge on any atom is -0.483 e. The molecule has 1 aromatic heterocycles. The maximum atomic E-state index is 12.9. The number of carbonyl (C=O) groups excluding carboxylic acids is 3. The average Bonchev–Trinajstić information content (AvgIpc) is 2.85. The van der Waals surface area contributed by atoms with Crippen LogP contribution in [-0.4, -0.2) is 40.0 Å². The zero-order valence-corrected chi connectivity index (χ0v) is 18.9. The molecule has 1 heterocycles. The number of Topliss-reactive ketones (excluding diaryl/α,β-unsaturated/α-hetero) is 1. The van der Waals surface area contributed by atoms with Gasteiger partial charge in [-0.15, -0.1) is 0 Å². The quantitative estimate of drug-likeness (QED) is 0.314. The second-order valence-electron chi connectivity index (χ2n) is 7.41. The van der Waals surface area contributed by atoms with Gasteiger partial charge in [0.2, 0.25) is 5.78 Å². The Hall–Kier alpha value is -4.67. The summed E-state index contributed by atoms with van der Waals surface area (Å²) in [5.74, 6) is -2.82. The molecule has 2 aromatic carbocycles. The summed E-state index contributed by atoms with van der Waals surface area (Å²) in [4.78, 5) is 62.1. The molecule has 182 valence electrons. The first-order valence-corrected chi connectivity index (χ1v) is 10.6. The van der Waals surface area contributed by atoms with Crippen LogP contribution in [0.25, 0.3) is 0 Å². The van der Waals surface area contributed by atoms with Crippen LogP contribution >= 0.6 is 0 Å². The first-order valence-electron chi connectivity index (χ1n) is 10.6. The third kappa shape index (κ3) is 5.64. The van der Waals surface area contributed by atoms with Crippen LogP contribution < -0.4 is 27.5 Å². The number of para-hydroxylation sites is 1. The predicted octanol–water partition coefficient (Wildman–Crippen LogP) is 0.564. The van der Waals surface area contributed by atoms with E-state index in [1.807, 2.05) is 6.07 Å². The maximum Gasteiger partial charge on any atom is 0.342 e. The standard InChI is InChI=1S/C24H24N4O7/c1-2-27-22(31)20(21(26)28(24(27)33)12-15-8-4-3-5-9-15)17(29)13-35-23(32)16-10-6-7-11-18(16)34-14-19(25)30/h3-11H,2,12-14,26H2,1H3,(H2,25,30). The zero-order valence-electron chi connectivity index (χ0n) is 18.9. The number of nitrogen functional groups attached to an aromatic ring is 1. The summed E-state index contributed by atoms with van der Waals surface area (Å²) in [5.41, 5.74) is 9.86. The van der Waals surface area contributed by atoms with E-state index in [2.05, 4.69) is 0 Å². The summed E-state index contributed by atoms with van der Waals surface area (Å²) in [6.07, 6.45) is 0. The van der Waals surface area contributed by atoms with Gasteiger partial charge in [0.05, 0.1) is 6.54 Å². The lowest BCUT2D eigenvalue weighted by Crippen LogP contribution is -2.44. The number of ketones is 1. The lowest BCUT2D eigenvalue weighted by molar-refractivity contribution is -0.119. The molecule has 0 radical (unpaired) electrons. The van der Waals surface area contributed by atoms with E-state index in [0.29, 0.717) is 0 Å². The highest BCUT2D eigenvalue weighted by Gasteiger charge is 2.24. The number of rotatable bonds is 10. The molecule has 0 aliphatic heterocycles. The van der Waals surface area contributed by atoms with Crippen molar-refractivity contribution in [2.75, 3.05) is 18.9 Å². The average molecular weight is 480 g/mol. The van der Waals surface area contributed by atoms with Crippen molar-refractivity contribution in [3.05, 3.63) is 92.1 Å². The second kappa shape index (κ2) is 11.0. The van der Waals surface area contributed by atoms with Gasteiger partial charge in [-0.2, -0.15) is 0 Å². The Morgan fingerprint density at radius 3 is 2.23 bits per heavy atom. The van der Waals surface area contributed by atoms with Crippen LogP contribution in [0.2, 0.25) is 0 Å². The van der Waals surface area contributed by atoms with Crippen molar-refractivity contribution in [2.45, 2.75) is 20.0 Å². The molecule has 0 bridgehead atoms. The van der Waals surface area contributed by atoms with Gasteiger partial charge in [0.25, 0.3) is 11.5 Å². The van der Waals surface area contributed by atoms with Crippen molar-refractivity contribution in [1.82, 2.24) is 9.13 Å². The van der Waals surface area contributed by atoms with Gasteiger partial charge < -0.3 is 20.9 Å². The highest BCUT2D eigenvalue weighted by molar-refractivity contribution is 6.02. The molecule has 0 spiro atoms. The van der Waals surface area contributed by atoms with E-state index in [1.165, 1.54) is 18.2 Å². The molecule has 11 nitrogen and oxygen atoms in total. The fraction of sp³-hybridized carbons (Fsp3) is 0.208. The summed E-state index contributed by atoms with van der Waals surface area (Å²) in [5, 5.41) is 0. The first kappa shape index (κ1) is 25.0. The summed E-state index contributed by atoms with van der Waals surface area (Å²) in [6, 6.07) is 14.8. The van der Waals surface area contributed by atoms with E-state index in [1.54, 1.807) is 37.3 Å². The molecule has 0 unspecified atom stereocenters. The van der Waals surface area contributed by atoms with Gasteiger partial charge in [0, 0.05) is 6.54 Å². The molecule has 3 rings (SSSR count). The van der Waals surface area contributed by atoms with Gasteiger partial charge in [-0.05, 0) is 24.6 Å². The minimum absolute atomic E-state index is 0.0113. The highest BCUT2D eigenvalue weighted by Crippen LogP contribution is 2.19. The number of amides is 1.